The van der Waals surface area contributed by atoms with E-state index in [9.17, 15) is 9.90 Å². The van der Waals surface area contributed by atoms with Gasteiger partial charge in [-0.3, -0.25) is 4.79 Å². The SMILES string of the molecule is CN1C(=O)CC2(CO)CCCC12. The molecule has 1 aliphatic carbocycles. The molecule has 1 saturated carbocycles. The second-order valence-electron chi connectivity index (χ2n) is 4.11. The summed E-state index contributed by atoms with van der Waals surface area (Å²) in [7, 11) is 1.86. The predicted octanol–water partition coefficient (Wildman–Crippen LogP) is 0.380. The van der Waals surface area contributed by atoms with Gasteiger partial charge in [-0.05, 0) is 12.8 Å². The molecule has 68 valence electrons. The third-order valence-corrected chi connectivity index (χ3v) is 3.54. The van der Waals surface area contributed by atoms with E-state index in [2.05, 4.69) is 0 Å². The molecule has 1 aliphatic heterocycles. The number of carbonyl (C=O) groups is 1. The van der Waals surface area contributed by atoms with Crippen LogP contribution in [0.4, 0.5) is 0 Å². The van der Waals surface area contributed by atoms with Crippen molar-refractivity contribution in [2.45, 2.75) is 31.7 Å². The van der Waals surface area contributed by atoms with E-state index < -0.39 is 0 Å². The number of amides is 1. The van der Waals surface area contributed by atoms with Crippen molar-refractivity contribution in [3.8, 4) is 0 Å². The number of rotatable bonds is 1. The first-order valence-corrected chi connectivity index (χ1v) is 4.56. The van der Waals surface area contributed by atoms with E-state index in [0.29, 0.717) is 12.5 Å². The summed E-state index contributed by atoms with van der Waals surface area (Å²) in [6.45, 7) is 0.174. The fraction of sp³-hybridized carbons (Fsp3) is 0.889. The average Bonchev–Trinajstić information content (AvgIpc) is 2.55. The molecule has 0 aromatic carbocycles. The van der Waals surface area contributed by atoms with E-state index in [0.717, 1.165) is 19.3 Å². The molecule has 2 fully saturated rings. The molecule has 0 aromatic rings. The number of aliphatic hydroxyl groups is 1. The second kappa shape index (κ2) is 2.46. The first-order valence-electron chi connectivity index (χ1n) is 4.56. The van der Waals surface area contributed by atoms with E-state index in [1.807, 2.05) is 11.9 Å². The Hall–Kier alpha value is -0.570. The molecule has 1 amide bonds. The Morgan fingerprint density at radius 3 is 3.08 bits per heavy atom. The first kappa shape index (κ1) is 8.05. The fourth-order valence-electron chi connectivity index (χ4n) is 2.77. The normalized spacial score (nSPS) is 40.7. The monoisotopic (exact) mass is 169 g/mol. The van der Waals surface area contributed by atoms with Gasteiger partial charge >= 0.3 is 0 Å². The Morgan fingerprint density at radius 1 is 1.75 bits per heavy atom. The quantitative estimate of drug-likeness (QED) is 0.616. The summed E-state index contributed by atoms with van der Waals surface area (Å²) in [5.41, 5.74) is -0.0775. The molecule has 0 spiro atoms. The van der Waals surface area contributed by atoms with Crippen molar-refractivity contribution in [3.63, 3.8) is 0 Å². The predicted molar refractivity (Wildman–Crippen MR) is 44.5 cm³/mol. The van der Waals surface area contributed by atoms with Crippen molar-refractivity contribution < 1.29 is 9.90 Å². The summed E-state index contributed by atoms with van der Waals surface area (Å²) in [4.78, 5) is 13.2. The number of hydrogen-bond donors (Lipinski definition) is 1. The molecule has 2 unspecified atom stereocenters. The minimum atomic E-state index is -0.0775. The molecule has 2 aliphatic rings. The molecule has 1 saturated heterocycles. The van der Waals surface area contributed by atoms with Gasteiger partial charge in [0.2, 0.25) is 5.91 Å². The van der Waals surface area contributed by atoms with Crippen LogP contribution in [0.3, 0.4) is 0 Å². The third kappa shape index (κ3) is 0.829. The number of hydrogen-bond acceptors (Lipinski definition) is 2. The van der Waals surface area contributed by atoms with Gasteiger partial charge in [-0.1, -0.05) is 6.42 Å². The highest BCUT2D eigenvalue weighted by atomic mass is 16.3. The topological polar surface area (TPSA) is 40.5 Å². The smallest absolute Gasteiger partial charge is 0.223 e. The maximum atomic E-state index is 11.4. The highest BCUT2D eigenvalue weighted by Gasteiger charge is 2.52. The molecule has 0 radical (unpaired) electrons. The van der Waals surface area contributed by atoms with Crippen molar-refractivity contribution in [1.82, 2.24) is 4.90 Å². The van der Waals surface area contributed by atoms with Gasteiger partial charge in [-0.2, -0.15) is 0 Å². The number of likely N-dealkylation sites (tertiary alicyclic amines) is 1. The Bertz CT molecular complexity index is 217. The largest absolute Gasteiger partial charge is 0.396 e. The van der Waals surface area contributed by atoms with Gasteiger partial charge in [0.1, 0.15) is 0 Å². The van der Waals surface area contributed by atoms with Gasteiger partial charge in [0.15, 0.2) is 0 Å². The van der Waals surface area contributed by atoms with Crippen LogP contribution in [-0.4, -0.2) is 35.6 Å². The Kier molecular flexibility index (Phi) is 1.65. The molecule has 2 atom stereocenters. The maximum Gasteiger partial charge on any atom is 0.223 e. The van der Waals surface area contributed by atoms with Gasteiger partial charge in [0.25, 0.3) is 0 Å². The van der Waals surface area contributed by atoms with E-state index >= 15 is 0 Å². The van der Waals surface area contributed by atoms with E-state index in [-0.39, 0.29) is 17.9 Å². The zero-order chi connectivity index (χ0) is 8.77. The summed E-state index contributed by atoms with van der Waals surface area (Å²) in [5, 5.41) is 9.28. The molecule has 2 rings (SSSR count). The van der Waals surface area contributed by atoms with Crippen LogP contribution in [0, 0.1) is 5.41 Å². The van der Waals surface area contributed by atoms with Crippen LogP contribution in [0.5, 0.6) is 0 Å². The van der Waals surface area contributed by atoms with Gasteiger partial charge in [0, 0.05) is 24.9 Å². The van der Waals surface area contributed by atoms with Crippen molar-refractivity contribution in [3.05, 3.63) is 0 Å². The second-order valence-corrected chi connectivity index (χ2v) is 4.11. The standard InChI is InChI=1S/C9H15NO2/c1-10-7-3-2-4-9(7,6-11)5-8(10)12/h7,11H,2-6H2,1H3. The molecule has 1 N–H and O–H groups in total. The highest BCUT2D eigenvalue weighted by molar-refractivity contribution is 5.80. The van der Waals surface area contributed by atoms with E-state index in [4.69, 9.17) is 0 Å². The Labute approximate surface area is 72.4 Å². The van der Waals surface area contributed by atoms with Crippen LogP contribution in [0.2, 0.25) is 0 Å². The molecule has 0 aromatic heterocycles. The summed E-state index contributed by atoms with van der Waals surface area (Å²) < 4.78 is 0. The van der Waals surface area contributed by atoms with Gasteiger partial charge in [0.05, 0.1) is 6.61 Å². The van der Waals surface area contributed by atoms with Gasteiger partial charge in [-0.15, -0.1) is 0 Å². The zero-order valence-electron chi connectivity index (χ0n) is 7.42. The molecular weight excluding hydrogens is 154 g/mol. The first-order chi connectivity index (χ1) is 5.69. The van der Waals surface area contributed by atoms with Crippen LogP contribution in [0.25, 0.3) is 0 Å². The lowest BCUT2D eigenvalue weighted by molar-refractivity contribution is -0.127. The molecule has 3 nitrogen and oxygen atoms in total. The highest BCUT2D eigenvalue weighted by Crippen LogP contribution is 2.48. The summed E-state index contributed by atoms with van der Waals surface area (Å²) in [6, 6.07) is 0.315. The van der Waals surface area contributed by atoms with Crippen LogP contribution in [-0.2, 0) is 4.79 Å². The van der Waals surface area contributed by atoms with Crippen LogP contribution >= 0.6 is 0 Å². The van der Waals surface area contributed by atoms with Crippen LogP contribution in [0.15, 0.2) is 0 Å². The number of carbonyl (C=O) groups excluding carboxylic acids is 1. The summed E-state index contributed by atoms with van der Waals surface area (Å²) >= 11 is 0. The molecular formula is C9H15NO2. The van der Waals surface area contributed by atoms with Crippen molar-refractivity contribution in [2.75, 3.05) is 13.7 Å². The molecule has 3 heteroatoms. The molecule has 0 bridgehead atoms. The van der Waals surface area contributed by atoms with Crippen molar-refractivity contribution in [2.24, 2.45) is 5.41 Å². The van der Waals surface area contributed by atoms with Gasteiger partial charge < -0.3 is 10.0 Å². The summed E-state index contributed by atoms with van der Waals surface area (Å²) in [5.74, 6) is 0.203. The summed E-state index contributed by atoms with van der Waals surface area (Å²) in [6.07, 6.45) is 3.81. The number of aliphatic hydroxyl groups excluding tert-OH is 1. The number of nitrogens with zero attached hydrogens (tertiary/aromatic N) is 1. The van der Waals surface area contributed by atoms with Crippen LogP contribution in [0.1, 0.15) is 25.7 Å². The minimum absolute atomic E-state index is 0.0775. The maximum absolute atomic E-state index is 11.4. The van der Waals surface area contributed by atoms with Crippen molar-refractivity contribution in [1.29, 1.82) is 0 Å². The lowest BCUT2D eigenvalue weighted by Gasteiger charge is -2.27. The fourth-order valence-corrected chi connectivity index (χ4v) is 2.77. The minimum Gasteiger partial charge on any atom is -0.396 e. The average molecular weight is 169 g/mol. The van der Waals surface area contributed by atoms with Crippen LogP contribution < -0.4 is 0 Å². The lowest BCUT2D eigenvalue weighted by Crippen LogP contribution is -2.36. The lowest BCUT2D eigenvalue weighted by atomic mass is 9.83. The van der Waals surface area contributed by atoms with Gasteiger partial charge in [-0.25, -0.2) is 0 Å². The Morgan fingerprint density at radius 2 is 2.50 bits per heavy atom. The van der Waals surface area contributed by atoms with E-state index in [1.54, 1.807) is 0 Å². The third-order valence-electron chi connectivity index (χ3n) is 3.54. The Balaban J connectivity index is 2.27. The zero-order valence-corrected chi connectivity index (χ0v) is 7.42. The molecule has 1 heterocycles. The van der Waals surface area contributed by atoms with E-state index in [1.165, 1.54) is 0 Å². The van der Waals surface area contributed by atoms with Crippen molar-refractivity contribution >= 4 is 5.91 Å². The molecule has 12 heavy (non-hydrogen) atoms. The number of fused-ring (bicyclic) bond motifs is 1.